The Morgan fingerprint density at radius 1 is 1.59 bits per heavy atom. The van der Waals surface area contributed by atoms with Crippen LogP contribution in [0.1, 0.15) is 6.92 Å². The van der Waals surface area contributed by atoms with Gasteiger partial charge in [0.1, 0.15) is 5.82 Å². The third-order valence-corrected chi connectivity index (χ3v) is 2.25. The summed E-state index contributed by atoms with van der Waals surface area (Å²) in [6.45, 7) is 1.63. The SMILES string of the molecule is CC1NC(N(C)C)=CC(N)=[N+]1OS(=O)(=O)O.[OH-]. The van der Waals surface area contributed by atoms with Crippen molar-refractivity contribution >= 4 is 16.2 Å². The van der Waals surface area contributed by atoms with Crippen LogP contribution in [0, 0.1) is 0 Å². The minimum Gasteiger partial charge on any atom is -0.870 e. The van der Waals surface area contributed by atoms with E-state index in [1.165, 1.54) is 6.08 Å². The first kappa shape index (κ1) is 15.5. The highest BCUT2D eigenvalue weighted by molar-refractivity contribution is 7.80. The molecule has 10 heteroatoms. The molecule has 0 aliphatic carbocycles. The van der Waals surface area contributed by atoms with Gasteiger partial charge in [0.15, 0.2) is 0 Å². The van der Waals surface area contributed by atoms with Crippen LogP contribution in [0.5, 0.6) is 0 Å². The number of hydrogen-bond acceptors (Lipinski definition) is 7. The minimum atomic E-state index is -4.59. The second-order valence-corrected chi connectivity index (χ2v) is 4.50. The fraction of sp³-hybridized carbons (Fsp3) is 0.571. The van der Waals surface area contributed by atoms with E-state index < -0.39 is 16.6 Å². The highest BCUT2D eigenvalue weighted by Gasteiger charge is 2.28. The van der Waals surface area contributed by atoms with Crippen molar-refractivity contribution in [1.29, 1.82) is 0 Å². The van der Waals surface area contributed by atoms with Gasteiger partial charge < -0.3 is 15.7 Å². The lowest BCUT2D eigenvalue weighted by Gasteiger charge is -2.25. The van der Waals surface area contributed by atoms with Gasteiger partial charge in [-0.1, -0.05) is 0 Å². The predicted octanol–water partition coefficient (Wildman–Crippen LogP) is -1.73. The van der Waals surface area contributed by atoms with E-state index in [9.17, 15) is 8.42 Å². The Morgan fingerprint density at radius 2 is 2.12 bits per heavy atom. The molecule has 1 atom stereocenters. The molecule has 0 radical (unpaired) electrons. The fourth-order valence-electron chi connectivity index (χ4n) is 1.21. The lowest BCUT2D eigenvalue weighted by atomic mass is 10.4. The molecule has 0 saturated carbocycles. The quantitative estimate of drug-likeness (QED) is 0.405. The van der Waals surface area contributed by atoms with E-state index in [-0.39, 0.29) is 11.3 Å². The maximum Gasteiger partial charge on any atom is 0.481 e. The van der Waals surface area contributed by atoms with Gasteiger partial charge in [-0.2, -0.15) is 12.7 Å². The molecule has 0 fully saturated rings. The van der Waals surface area contributed by atoms with Crippen molar-refractivity contribution in [3.05, 3.63) is 11.9 Å². The van der Waals surface area contributed by atoms with Gasteiger partial charge >= 0.3 is 16.2 Å². The van der Waals surface area contributed by atoms with E-state index in [4.69, 9.17) is 10.3 Å². The maximum atomic E-state index is 10.6. The Bertz CT molecular complexity index is 441. The Morgan fingerprint density at radius 3 is 2.47 bits per heavy atom. The molecule has 0 bridgehead atoms. The van der Waals surface area contributed by atoms with E-state index in [1.807, 2.05) is 0 Å². The van der Waals surface area contributed by atoms with E-state index in [0.29, 0.717) is 5.82 Å². The Balaban J connectivity index is 0.00000256. The monoisotopic (exact) mass is 268 g/mol. The molecule has 1 unspecified atom stereocenters. The zero-order chi connectivity index (χ0) is 12.5. The molecule has 0 saturated heterocycles. The lowest BCUT2D eigenvalue weighted by Crippen LogP contribution is -2.49. The largest absolute Gasteiger partial charge is 0.870 e. The first-order valence-electron chi connectivity index (χ1n) is 4.45. The molecule has 1 rings (SSSR count). The zero-order valence-electron chi connectivity index (χ0n) is 9.65. The molecule has 1 aliphatic rings. The number of amidine groups is 1. The highest BCUT2D eigenvalue weighted by atomic mass is 32.3. The minimum absolute atomic E-state index is 0. The van der Waals surface area contributed by atoms with Crippen LogP contribution in [0.2, 0.25) is 0 Å². The summed E-state index contributed by atoms with van der Waals surface area (Å²) in [5.74, 6) is 0.785. The zero-order valence-corrected chi connectivity index (χ0v) is 10.5. The summed E-state index contributed by atoms with van der Waals surface area (Å²) >= 11 is 0. The second kappa shape index (κ2) is 5.21. The van der Waals surface area contributed by atoms with Crippen LogP contribution in [0.4, 0.5) is 0 Å². The van der Waals surface area contributed by atoms with Crippen LogP contribution in [0.3, 0.4) is 0 Å². The molecule has 0 amide bonds. The number of hydroxylamine groups is 1. The summed E-state index contributed by atoms with van der Waals surface area (Å²) < 4.78 is 34.9. The summed E-state index contributed by atoms with van der Waals surface area (Å²) in [5.41, 5.74) is 5.60. The molecular weight excluding hydrogens is 252 g/mol. The Kier molecular flexibility index (Phi) is 4.74. The van der Waals surface area contributed by atoms with Gasteiger partial charge in [0.2, 0.25) is 6.17 Å². The standard InChI is InChI=1S/C7H14N4O4S.H2O/c1-5-9-7(10(2)3)4-6(8)11(5)15-16(12,13)14;/h4-5H,1-3H3,(H3,8,9,12,13,14);1H2. The average Bonchev–Trinajstić information content (AvgIpc) is 2.09. The smallest absolute Gasteiger partial charge is 0.481 e. The van der Waals surface area contributed by atoms with Crippen molar-refractivity contribution < 1.29 is 27.5 Å². The average molecular weight is 268 g/mol. The highest BCUT2D eigenvalue weighted by Crippen LogP contribution is 2.05. The van der Waals surface area contributed by atoms with Crippen LogP contribution < -0.4 is 11.1 Å². The molecular formula is C7H16N4O5S. The van der Waals surface area contributed by atoms with Crippen LogP contribution in [-0.2, 0) is 14.7 Å². The molecule has 0 spiro atoms. The summed E-state index contributed by atoms with van der Waals surface area (Å²) in [4.78, 5) is 1.77. The molecule has 5 N–H and O–H groups in total. The number of nitrogens with one attached hydrogen (secondary N) is 1. The fourth-order valence-corrected chi connectivity index (χ4v) is 1.63. The van der Waals surface area contributed by atoms with E-state index >= 15 is 0 Å². The molecule has 0 aromatic rings. The summed E-state index contributed by atoms with van der Waals surface area (Å²) in [5, 5.41) is 2.93. The van der Waals surface area contributed by atoms with Gasteiger partial charge in [-0.05, 0) is 11.7 Å². The summed E-state index contributed by atoms with van der Waals surface area (Å²) in [6.07, 6.45) is 0.967. The van der Waals surface area contributed by atoms with E-state index in [2.05, 4.69) is 9.60 Å². The van der Waals surface area contributed by atoms with Crippen molar-refractivity contribution in [3.8, 4) is 0 Å². The number of rotatable bonds is 3. The van der Waals surface area contributed by atoms with Gasteiger partial charge in [0, 0.05) is 14.1 Å². The maximum absolute atomic E-state index is 10.6. The second-order valence-electron chi connectivity index (χ2n) is 3.50. The molecule has 0 aromatic carbocycles. The van der Waals surface area contributed by atoms with Crippen LogP contribution in [-0.4, -0.2) is 54.2 Å². The number of hydrogen-bond donors (Lipinski definition) is 3. The van der Waals surface area contributed by atoms with Gasteiger partial charge in [0.25, 0.3) is 0 Å². The van der Waals surface area contributed by atoms with Crippen LogP contribution in [0.15, 0.2) is 11.9 Å². The molecule has 0 aromatic heterocycles. The first-order chi connectivity index (χ1) is 7.20. The molecule has 100 valence electrons. The molecule has 1 heterocycles. The van der Waals surface area contributed by atoms with Gasteiger partial charge in [-0.15, -0.1) is 0 Å². The topological polar surface area (TPSA) is 138 Å². The van der Waals surface area contributed by atoms with Gasteiger partial charge in [-0.25, -0.2) is 0 Å². The normalized spacial score (nSPS) is 20.0. The molecule has 17 heavy (non-hydrogen) atoms. The summed E-state index contributed by atoms with van der Waals surface area (Å²) in [7, 11) is -0.978. The van der Waals surface area contributed by atoms with Gasteiger partial charge in [0.05, 0.1) is 6.08 Å². The van der Waals surface area contributed by atoms with Crippen molar-refractivity contribution in [2.24, 2.45) is 5.73 Å². The Hall–Kier alpha value is -1.52. The third kappa shape index (κ3) is 4.09. The predicted molar refractivity (Wildman–Crippen MR) is 58.4 cm³/mol. The van der Waals surface area contributed by atoms with Crippen LogP contribution in [0.25, 0.3) is 0 Å². The van der Waals surface area contributed by atoms with E-state index in [0.717, 1.165) is 4.74 Å². The molecule has 9 nitrogen and oxygen atoms in total. The number of nitrogens with zero attached hydrogens (tertiary/aromatic N) is 2. The Labute approximate surface area is 99.4 Å². The van der Waals surface area contributed by atoms with E-state index in [1.54, 1.807) is 25.9 Å². The van der Waals surface area contributed by atoms with Gasteiger partial charge in [-0.3, -0.25) is 10.3 Å². The van der Waals surface area contributed by atoms with Crippen molar-refractivity contribution in [2.75, 3.05) is 14.1 Å². The van der Waals surface area contributed by atoms with Crippen LogP contribution >= 0.6 is 0 Å². The lowest BCUT2D eigenvalue weighted by molar-refractivity contribution is -0.774. The van der Waals surface area contributed by atoms with Crippen molar-refractivity contribution in [2.45, 2.75) is 13.1 Å². The summed E-state index contributed by atoms with van der Waals surface area (Å²) in [6, 6.07) is 0. The van der Waals surface area contributed by atoms with Crippen molar-refractivity contribution in [3.63, 3.8) is 0 Å². The first-order valence-corrected chi connectivity index (χ1v) is 5.81. The molecule has 1 aliphatic heterocycles. The number of nitrogens with two attached hydrogens (primary N) is 1. The van der Waals surface area contributed by atoms with Crippen molar-refractivity contribution in [1.82, 2.24) is 10.2 Å². The third-order valence-electron chi connectivity index (χ3n) is 1.90.